The maximum absolute atomic E-state index is 13.3. The van der Waals surface area contributed by atoms with Crippen LogP contribution in [0, 0.1) is 11.7 Å². The molecule has 0 radical (unpaired) electrons. The van der Waals surface area contributed by atoms with Crippen molar-refractivity contribution >= 4 is 0 Å². The number of ether oxygens (including phenoxy) is 1. The Morgan fingerprint density at radius 2 is 2.16 bits per heavy atom. The Bertz CT molecular complexity index is 408. The highest BCUT2D eigenvalue weighted by atomic mass is 19.1. The van der Waals surface area contributed by atoms with Gasteiger partial charge in [-0.3, -0.25) is 0 Å². The summed E-state index contributed by atoms with van der Waals surface area (Å²) in [5, 5.41) is 0. The molecule has 1 saturated carbocycles. The third-order valence-electron chi connectivity index (χ3n) is 4.17. The van der Waals surface area contributed by atoms with Crippen LogP contribution in [0.5, 0.6) is 0 Å². The van der Waals surface area contributed by atoms with Gasteiger partial charge in [0.25, 0.3) is 0 Å². The van der Waals surface area contributed by atoms with E-state index in [1.165, 1.54) is 25.3 Å². The molecule has 2 rings (SSSR count). The molecule has 0 amide bonds. The second-order valence-corrected chi connectivity index (χ2v) is 5.49. The summed E-state index contributed by atoms with van der Waals surface area (Å²) in [6, 6.07) is 4.76. The van der Waals surface area contributed by atoms with Gasteiger partial charge in [0.1, 0.15) is 5.82 Å². The largest absolute Gasteiger partial charge is 0.374 e. The van der Waals surface area contributed by atoms with Crippen molar-refractivity contribution in [3.63, 3.8) is 0 Å². The van der Waals surface area contributed by atoms with Crippen molar-refractivity contribution in [2.24, 2.45) is 11.7 Å². The second-order valence-electron chi connectivity index (χ2n) is 5.49. The van der Waals surface area contributed by atoms with E-state index in [1.54, 1.807) is 12.1 Å². The fourth-order valence-electron chi connectivity index (χ4n) is 2.90. The van der Waals surface area contributed by atoms with Crippen LogP contribution >= 0.6 is 0 Å². The summed E-state index contributed by atoms with van der Waals surface area (Å²) < 4.78 is 19.2. The fourth-order valence-corrected chi connectivity index (χ4v) is 2.90. The summed E-state index contributed by atoms with van der Waals surface area (Å²) in [6.07, 6.45) is 6.40. The zero-order valence-electron chi connectivity index (χ0n) is 11.7. The summed E-state index contributed by atoms with van der Waals surface area (Å²) in [7, 11) is 0. The van der Waals surface area contributed by atoms with E-state index in [4.69, 9.17) is 10.5 Å². The van der Waals surface area contributed by atoms with Gasteiger partial charge in [-0.25, -0.2) is 4.39 Å². The molecule has 2 unspecified atom stereocenters. The van der Waals surface area contributed by atoms with Crippen LogP contribution in [-0.4, -0.2) is 6.10 Å². The lowest BCUT2D eigenvalue weighted by Gasteiger charge is -2.28. The van der Waals surface area contributed by atoms with Gasteiger partial charge >= 0.3 is 0 Å². The molecule has 1 aromatic carbocycles. The average molecular weight is 265 g/mol. The molecule has 1 aliphatic rings. The first-order valence-electron chi connectivity index (χ1n) is 7.32. The highest BCUT2D eigenvalue weighted by Crippen LogP contribution is 2.29. The molecule has 19 heavy (non-hydrogen) atoms. The minimum atomic E-state index is -0.217. The molecule has 2 N–H and O–H groups in total. The van der Waals surface area contributed by atoms with Gasteiger partial charge in [0.15, 0.2) is 0 Å². The van der Waals surface area contributed by atoms with Crippen molar-refractivity contribution in [3.05, 3.63) is 35.1 Å². The molecule has 1 fully saturated rings. The van der Waals surface area contributed by atoms with Crippen LogP contribution in [0.1, 0.15) is 50.2 Å². The highest BCUT2D eigenvalue weighted by molar-refractivity contribution is 5.27. The van der Waals surface area contributed by atoms with Crippen LogP contribution in [0.3, 0.4) is 0 Å². The van der Waals surface area contributed by atoms with E-state index in [9.17, 15) is 4.39 Å². The lowest BCUT2D eigenvalue weighted by atomic mass is 9.85. The first kappa shape index (κ1) is 14.5. The van der Waals surface area contributed by atoms with Crippen LogP contribution in [0.2, 0.25) is 0 Å². The zero-order chi connectivity index (χ0) is 13.7. The maximum Gasteiger partial charge on any atom is 0.123 e. The third-order valence-corrected chi connectivity index (χ3v) is 4.17. The van der Waals surface area contributed by atoms with Gasteiger partial charge in [-0.05, 0) is 42.0 Å². The lowest BCUT2D eigenvalue weighted by Crippen LogP contribution is -2.22. The predicted octanol–water partition coefficient (Wildman–Crippen LogP) is 3.77. The molecule has 0 heterocycles. The molecule has 2 atom stereocenters. The number of hydrogen-bond donors (Lipinski definition) is 1. The number of rotatable bonds is 5. The summed E-state index contributed by atoms with van der Waals surface area (Å²) in [5.41, 5.74) is 7.54. The average Bonchev–Trinajstić information content (AvgIpc) is 2.45. The van der Waals surface area contributed by atoms with Crippen molar-refractivity contribution in [1.82, 2.24) is 0 Å². The maximum atomic E-state index is 13.3. The quantitative estimate of drug-likeness (QED) is 0.879. The molecule has 1 aliphatic carbocycles. The van der Waals surface area contributed by atoms with E-state index in [0.29, 0.717) is 19.3 Å². The zero-order valence-corrected chi connectivity index (χ0v) is 11.7. The van der Waals surface area contributed by atoms with E-state index < -0.39 is 0 Å². The van der Waals surface area contributed by atoms with Crippen LogP contribution < -0.4 is 5.73 Å². The summed E-state index contributed by atoms with van der Waals surface area (Å²) in [5.74, 6) is 0.575. The molecule has 3 heteroatoms. The minimum absolute atomic E-state index is 0.217. The Labute approximate surface area is 115 Å². The van der Waals surface area contributed by atoms with E-state index in [0.717, 1.165) is 29.9 Å². The monoisotopic (exact) mass is 265 g/mol. The predicted molar refractivity (Wildman–Crippen MR) is 75.1 cm³/mol. The molecular weight excluding hydrogens is 241 g/mol. The number of nitrogens with two attached hydrogens (primary N) is 1. The number of halogens is 1. The minimum Gasteiger partial charge on any atom is -0.374 e. The van der Waals surface area contributed by atoms with Crippen molar-refractivity contribution in [2.75, 3.05) is 0 Å². The van der Waals surface area contributed by atoms with Crippen LogP contribution in [0.4, 0.5) is 4.39 Å². The summed E-state index contributed by atoms with van der Waals surface area (Å²) in [4.78, 5) is 0. The van der Waals surface area contributed by atoms with Crippen LogP contribution in [0.15, 0.2) is 18.2 Å². The van der Waals surface area contributed by atoms with Crippen molar-refractivity contribution in [3.8, 4) is 0 Å². The molecule has 0 saturated heterocycles. The van der Waals surface area contributed by atoms with Gasteiger partial charge in [0.05, 0.1) is 12.7 Å². The van der Waals surface area contributed by atoms with Gasteiger partial charge in [-0.2, -0.15) is 0 Å². The Morgan fingerprint density at radius 1 is 1.32 bits per heavy atom. The summed E-state index contributed by atoms with van der Waals surface area (Å²) >= 11 is 0. The highest BCUT2D eigenvalue weighted by Gasteiger charge is 2.21. The first-order valence-corrected chi connectivity index (χ1v) is 7.32. The van der Waals surface area contributed by atoms with Gasteiger partial charge in [-0.15, -0.1) is 0 Å². The number of benzene rings is 1. The standard InChI is InChI=1S/C16H24FNO/c1-2-12-4-3-5-16(8-12)19-11-14-9-15(17)7-6-13(14)10-18/h6-7,9,12,16H,2-5,8,10-11,18H2,1H3. The van der Waals surface area contributed by atoms with E-state index in [2.05, 4.69) is 6.92 Å². The second kappa shape index (κ2) is 7.01. The van der Waals surface area contributed by atoms with Gasteiger partial charge < -0.3 is 10.5 Å². The molecule has 0 aromatic heterocycles. The van der Waals surface area contributed by atoms with E-state index >= 15 is 0 Å². The fraction of sp³-hybridized carbons (Fsp3) is 0.625. The molecular formula is C16H24FNO. The molecule has 2 nitrogen and oxygen atoms in total. The van der Waals surface area contributed by atoms with Gasteiger partial charge in [0, 0.05) is 6.54 Å². The molecule has 106 valence electrons. The van der Waals surface area contributed by atoms with Gasteiger partial charge in [-0.1, -0.05) is 32.3 Å². The molecule has 0 spiro atoms. The molecule has 0 aliphatic heterocycles. The summed E-state index contributed by atoms with van der Waals surface area (Å²) in [6.45, 7) is 3.15. The van der Waals surface area contributed by atoms with Crippen LogP contribution in [0.25, 0.3) is 0 Å². The Hall–Kier alpha value is -0.930. The van der Waals surface area contributed by atoms with Crippen molar-refractivity contribution in [1.29, 1.82) is 0 Å². The Balaban J connectivity index is 1.92. The topological polar surface area (TPSA) is 35.2 Å². The Morgan fingerprint density at radius 3 is 2.89 bits per heavy atom. The third kappa shape index (κ3) is 4.02. The smallest absolute Gasteiger partial charge is 0.123 e. The van der Waals surface area contributed by atoms with E-state index in [-0.39, 0.29) is 5.82 Å². The first-order chi connectivity index (χ1) is 9.22. The lowest BCUT2D eigenvalue weighted by molar-refractivity contribution is 0.00140. The van der Waals surface area contributed by atoms with Crippen molar-refractivity contribution in [2.45, 2.75) is 58.3 Å². The van der Waals surface area contributed by atoms with Crippen LogP contribution in [-0.2, 0) is 17.9 Å². The number of hydrogen-bond acceptors (Lipinski definition) is 2. The van der Waals surface area contributed by atoms with E-state index in [1.807, 2.05) is 0 Å². The normalized spacial score (nSPS) is 23.5. The molecule has 0 bridgehead atoms. The molecule has 1 aromatic rings. The Kier molecular flexibility index (Phi) is 5.34. The van der Waals surface area contributed by atoms with Crippen molar-refractivity contribution < 1.29 is 9.13 Å². The van der Waals surface area contributed by atoms with Gasteiger partial charge in [0.2, 0.25) is 0 Å². The SMILES string of the molecule is CCC1CCCC(OCc2cc(F)ccc2CN)C1.